The summed E-state index contributed by atoms with van der Waals surface area (Å²) in [5.41, 5.74) is 1.17. The molecule has 0 aliphatic rings. The van der Waals surface area contributed by atoms with Crippen molar-refractivity contribution >= 4 is 23.2 Å². The van der Waals surface area contributed by atoms with Gasteiger partial charge in [0.25, 0.3) is 11.8 Å². The Labute approximate surface area is 194 Å². The molecular formula is C25H18F2N4O3. The molecule has 9 heteroatoms. The monoisotopic (exact) mass is 460 g/mol. The fourth-order valence-corrected chi connectivity index (χ4v) is 3.26. The summed E-state index contributed by atoms with van der Waals surface area (Å²) in [5, 5.41) is 22.7. The molecule has 0 atom stereocenters. The second-order valence-electron chi connectivity index (χ2n) is 7.19. The maximum absolute atomic E-state index is 13.8. The zero-order valence-electron chi connectivity index (χ0n) is 18.0. The Morgan fingerprint density at radius 2 is 1.35 bits per heavy atom. The SMILES string of the molecule is COc1ccc(C(=O)Nc2cc(F)cc(CC#N)c2)cc1C(=O)Nc1cc(F)cc(CC#N)c1. The highest BCUT2D eigenvalue weighted by Gasteiger charge is 2.17. The van der Waals surface area contributed by atoms with Crippen LogP contribution in [-0.4, -0.2) is 18.9 Å². The highest BCUT2D eigenvalue weighted by atomic mass is 19.1. The van der Waals surface area contributed by atoms with Crippen LogP contribution in [0.4, 0.5) is 20.2 Å². The number of hydrogen-bond acceptors (Lipinski definition) is 5. The normalized spacial score (nSPS) is 10.0. The second kappa shape index (κ2) is 10.7. The van der Waals surface area contributed by atoms with Crippen LogP contribution in [0.25, 0.3) is 0 Å². The van der Waals surface area contributed by atoms with Gasteiger partial charge in [-0.05, 0) is 65.7 Å². The Balaban J connectivity index is 1.86. The molecule has 3 aromatic rings. The van der Waals surface area contributed by atoms with Gasteiger partial charge in [0.2, 0.25) is 0 Å². The van der Waals surface area contributed by atoms with Crippen molar-refractivity contribution in [2.75, 3.05) is 17.7 Å². The first-order valence-electron chi connectivity index (χ1n) is 9.96. The summed E-state index contributed by atoms with van der Waals surface area (Å²) < 4.78 is 32.9. The molecule has 2 amide bonds. The maximum Gasteiger partial charge on any atom is 0.259 e. The molecular weight excluding hydrogens is 442 g/mol. The fraction of sp³-hybridized carbons (Fsp3) is 0.120. The lowest BCUT2D eigenvalue weighted by Crippen LogP contribution is -2.17. The van der Waals surface area contributed by atoms with Crippen molar-refractivity contribution in [1.29, 1.82) is 10.5 Å². The van der Waals surface area contributed by atoms with Crippen LogP contribution in [0, 0.1) is 34.3 Å². The van der Waals surface area contributed by atoms with Gasteiger partial charge in [0, 0.05) is 16.9 Å². The number of benzene rings is 3. The number of methoxy groups -OCH3 is 1. The minimum absolute atomic E-state index is 0.00524. The summed E-state index contributed by atoms with van der Waals surface area (Å²) in [6.45, 7) is 0. The van der Waals surface area contributed by atoms with Crippen molar-refractivity contribution < 1.29 is 23.1 Å². The van der Waals surface area contributed by atoms with E-state index in [1.807, 2.05) is 12.1 Å². The van der Waals surface area contributed by atoms with E-state index < -0.39 is 23.4 Å². The molecule has 34 heavy (non-hydrogen) atoms. The Morgan fingerprint density at radius 3 is 1.85 bits per heavy atom. The number of anilines is 2. The first kappa shape index (κ1) is 23.9. The summed E-state index contributed by atoms with van der Waals surface area (Å²) in [6, 6.07) is 15.5. The molecule has 2 N–H and O–H groups in total. The molecule has 0 radical (unpaired) electrons. The van der Waals surface area contributed by atoms with E-state index in [0.717, 1.165) is 12.1 Å². The van der Waals surface area contributed by atoms with Gasteiger partial charge >= 0.3 is 0 Å². The molecule has 0 spiro atoms. The Hall–Kier alpha value is -4.76. The van der Waals surface area contributed by atoms with Crippen molar-refractivity contribution in [1.82, 2.24) is 0 Å². The summed E-state index contributed by atoms with van der Waals surface area (Å²) in [6.07, 6.45) is -0.0561. The van der Waals surface area contributed by atoms with Gasteiger partial charge in [0.15, 0.2) is 0 Å². The summed E-state index contributed by atoms with van der Waals surface area (Å²) in [5.74, 6) is -2.34. The predicted octanol–water partition coefficient (Wildman–Crippen LogP) is 4.61. The van der Waals surface area contributed by atoms with Gasteiger partial charge in [0.1, 0.15) is 17.4 Å². The van der Waals surface area contributed by atoms with E-state index >= 15 is 0 Å². The zero-order chi connectivity index (χ0) is 24.7. The van der Waals surface area contributed by atoms with Crippen LogP contribution < -0.4 is 15.4 Å². The van der Waals surface area contributed by atoms with Crippen molar-refractivity contribution in [2.24, 2.45) is 0 Å². The average molecular weight is 460 g/mol. The number of ether oxygens (including phenoxy) is 1. The molecule has 0 aliphatic heterocycles. The third-order valence-corrected chi connectivity index (χ3v) is 4.70. The summed E-state index contributed by atoms with van der Waals surface area (Å²) >= 11 is 0. The van der Waals surface area contributed by atoms with Crippen molar-refractivity contribution in [3.63, 3.8) is 0 Å². The minimum atomic E-state index is -0.665. The van der Waals surface area contributed by atoms with E-state index in [0.29, 0.717) is 11.1 Å². The number of carbonyl (C=O) groups excluding carboxylic acids is 2. The van der Waals surface area contributed by atoms with Gasteiger partial charge in [-0.1, -0.05) is 0 Å². The third kappa shape index (κ3) is 5.93. The highest BCUT2D eigenvalue weighted by molar-refractivity contribution is 6.10. The van der Waals surface area contributed by atoms with Gasteiger partial charge < -0.3 is 15.4 Å². The zero-order valence-corrected chi connectivity index (χ0v) is 18.0. The third-order valence-electron chi connectivity index (χ3n) is 4.70. The number of halogens is 2. The van der Waals surface area contributed by atoms with Crippen LogP contribution in [-0.2, 0) is 12.8 Å². The second-order valence-corrected chi connectivity index (χ2v) is 7.19. The van der Waals surface area contributed by atoms with Crippen LogP contribution in [0.1, 0.15) is 31.8 Å². The first-order valence-corrected chi connectivity index (χ1v) is 9.96. The van der Waals surface area contributed by atoms with Crippen LogP contribution >= 0.6 is 0 Å². The topological polar surface area (TPSA) is 115 Å². The molecule has 0 bridgehead atoms. The average Bonchev–Trinajstić information content (AvgIpc) is 2.78. The molecule has 0 saturated carbocycles. The molecule has 0 unspecified atom stereocenters. The largest absolute Gasteiger partial charge is 0.496 e. The predicted molar refractivity (Wildman–Crippen MR) is 120 cm³/mol. The molecule has 7 nitrogen and oxygen atoms in total. The first-order chi connectivity index (χ1) is 16.3. The molecule has 0 aliphatic carbocycles. The smallest absolute Gasteiger partial charge is 0.259 e. The number of amides is 2. The van der Waals surface area contributed by atoms with Crippen LogP contribution in [0.2, 0.25) is 0 Å². The van der Waals surface area contributed by atoms with Crippen LogP contribution in [0.3, 0.4) is 0 Å². The quantitative estimate of drug-likeness (QED) is 0.534. The van der Waals surface area contributed by atoms with E-state index in [-0.39, 0.29) is 41.1 Å². The van der Waals surface area contributed by atoms with Crippen molar-refractivity contribution in [2.45, 2.75) is 12.8 Å². The number of nitrogens with one attached hydrogen (secondary N) is 2. The Bertz CT molecular complexity index is 1340. The number of carbonyl (C=O) groups is 2. The van der Waals surface area contributed by atoms with Crippen LogP contribution in [0.5, 0.6) is 5.75 Å². The van der Waals surface area contributed by atoms with E-state index in [1.165, 1.54) is 49.6 Å². The van der Waals surface area contributed by atoms with Gasteiger partial charge in [-0.15, -0.1) is 0 Å². The Kier molecular flexibility index (Phi) is 7.52. The van der Waals surface area contributed by atoms with E-state index in [9.17, 15) is 18.4 Å². The van der Waals surface area contributed by atoms with Gasteiger partial charge in [-0.2, -0.15) is 10.5 Å². The molecule has 3 rings (SSSR count). The van der Waals surface area contributed by atoms with Gasteiger partial charge in [-0.25, -0.2) is 8.78 Å². The van der Waals surface area contributed by atoms with E-state index in [4.69, 9.17) is 15.3 Å². The minimum Gasteiger partial charge on any atom is -0.496 e. The Morgan fingerprint density at radius 1 is 0.824 bits per heavy atom. The number of nitrogens with zero attached hydrogens (tertiary/aromatic N) is 2. The van der Waals surface area contributed by atoms with E-state index in [2.05, 4.69) is 10.6 Å². The van der Waals surface area contributed by atoms with E-state index in [1.54, 1.807) is 0 Å². The number of rotatable bonds is 7. The number of nitriles is 2. The standard InChI is InChI=1S/C25H18F2N4O3/c1-34-23-3-2-17(24(32)30-20-10-15(4-6-28)8-18(26)13-20)12-22(23)25(33)31-21-11-16(5-7-29)9-19(27)14-21/h2-3,8-14H,4-5H2,1H3,(H,30,32)(H,31,33). The highest BCUT2D eigenvalue weighted by Crippen LogP contribution is 2.24. The lowest BCUT2D eigenvalue weighted by molar-refractivity contribution is 0.102. The lowest BCUT2D eigenvalue weighted by Gasteiger charge is -2.12. The summed E-state index contributed by atoms with van der Waals surface area (Å²) in [7, 11) is 1.35. The number of hydrogen-bond donors (Lipinski definition) is 2. The molecule has 0 fully saturated rings. The molecule has 170 valence electrons. The molecule has 0 heterocycles. The van der Waals surface area contributed by atoms with Crippen molar-refractivity contribution in [3.8, 4) is 17.9 Å². The van der Waals surface area contributed by atoms with Crippen LogP contribution in [0.15, 0.2) is 54.6 Å². The van der Waals surface area contributed by atoms with Crippen molar-refractivity contribution in [3.05, 3.63) is 88.5 Å². The molecule has 0 aromatic heterocycles. The maximum atomic E-state index is 13.8. The lowest BCUT2D eigenvalue weighted by atomic mass is 10.1. The van der Waals surface area contributed by atoms with Gasteiger partial charge in [0.05, 0.1) is 37.7 Å². The van der Waals surface area contributed by atoms with Gasteiger partial charge in [-0.3, -0.25) is 9.59 Å². The molecule has 3 aromatic carbocycles. The fourth-order valence-electron chi connectivity index (χ4n) is 3.26. The summed E-state index contributed by atoms with van der Waals surface area (Å²) in [4.78, 5) is 25.6. The molecule has 0 saturated heterocycles.